The highest BCUT2D eigenvalue weighted by Crippen LogP contribution is 2.61. The van der Waals surface area contributed by atoms with Crippen molar-refractivity contribution in [3.05, 3.63) is 23.3 Å². The first-order chi connectivity index (χ1) is 14.7. The van der Waals surface area contributed by atoms with Crippen molar-refractivity contribution in [2.75, 3.05) is 26.9 Å². The Labute approximate surface area is 190 Å². The number of nitrogens with zero attached hydrogens (tertiary/aromatic N) is 2. The third kappa shape index (κ3) is 4.17. The molecule has 7 atom stereocenters. The topological polar surface area (TPSA) is 56.6 Å². The van der Waals surface area contributed by atoms with E-state index in [4.69, 9.17) is 5.73 Å². The molecule has 4 rings (SSSR count). The van der Waals surface area contributed by atoms with Gasteiger partial charge in [0.25, 0.3) is 0 Å². The molecule has 0 radical (unpaired) electrons. The molecule has 176 valence electrons. The number of hydrogen-bond acceptors (Lipinski definition) is 5. The number of fused-ring (bicyclic) bond motifs is 2. The molecular weight excluding hydrogens is 382 g/mol. The van der Waals surface area contributed by atoms with E-state index in [-0.39, 0.29) is 6.17 Å². The van der Waals surface area contributed by atoms with Crippen molar-refractivity contribution in [1.29, 1.82) is 0 Å². The average Bonchev–Trinajstić information content (AvgIpc) is 3.07. The molecule has 3 fully saturated rings. The van der Waals surface area contributed by atoms with Crippen molar-refractivity contribution in [3.8, 4) is 0 Å². The van der Waals surface area contributed by atoms with Gasteiger partial charge in [-0.25, -0.2) is 0 Å². The molecule has 31 heavy (non-hydrogen) atoms. The summed E-state index contributed by atoms with van der Waals surface area (Å²) in [6.45, 7) is 15.2. The predicted molar refractivity (Wildman–Crippen MR) is 130 cm³/mol. The van der Waals surface area contributed by atoms with Crippen LogP contribution in [0.2, 0.25) is 0 Å². The molecule has 2 aliphatic carbocycles. The van der Waals surface area contributed by atoms with Crippen LogP contribution in [-0.4, -0.2) is 55.1 Å². The van der Waals surface area contributed by atoms with Crippen LogP contribution >= 0.6 is 0 Å². The number of nitrogens with two attached hydrogens (primary N) is 1. The van der Waals surface area contributed by atoms with Gasteiger partial charge in [0.15, 0.2) is 0 Å². The van der Waals surface area contributed by atoms with Gasteiger partial charge in [-0.05, 0) is 82.1 Å². The van der Waals surface area contributed by atoms with Crippen molar-refractivity contribution in [2.45, 2.75) is 91.5 Å². The lowest BCUT2D eigenvalue weighted by atomic mass is 9.47. The Kier molecular flexibility index (Phi) is 6.73. The summed E-state index contributed by atoms with van der Waals surface area (Å²) in [5.41, 5.74) is 10.4. The maximum atomic E-state index is 6.32. The summed E-state index contributed by atoms with van der Waals surface area (Å²) in [6, 6.07) is 0.338. The van der Waals surface area contributed by atoms with E-state index < -0.39 is 0 Å². The lowest BCUT2D eigenvalue weighted by molar-refractivity contribution is -0.0466. The first-order valence-electron chi connectivity index (χ1n) is 12.7. The van der Waals surface area contributed by atoms with E-state index in [1.807, 2.05) is 0 Å². The third-order valence-corrected chi connectivity index (χ3v) is 9.97. The van der Waals surface area contributed by atoms with E-state index in [0.29, 0.717) is 23.0 Å². The van der Waals surface area contributed by atoms with Crippen molar-refractivity contribution in [2.24, 2.45) is 28.4 Å². The van der Waals surface area contributed by atoms with Gasteiger partial charge >= 0.3 is 0 Å². The smallest absolute Gasteiger partial charge is 0.0809 e. The summed E-state index contributed by atoms with van der Waals surface area (Å²) in [4.78, 5) is 4.91. The molecule has 5 heteroatoms. The molecular formula is C26H47N5. The number of rotatable bonds is 5. The van der Waals surface area contributed by atoms with E-state index >= 15 is 0 Å². The van der Waals surface area contributed by atoms with Crippen LogP contribution in [0, 0.1) is 22.7 Å². The van der Waals surface area contributed by atoms with Crippen molar-refractivity contribution < 1.29 is 0 Å². The Morgan fingerprint density at radius 1 is 1.29 bits per heavy atom. The van der Waals surface area contributed by atoms with E-state index in [1.54, 1.807) is 11.1 Å². The highest BCUT2D eigenvalue weighted by Gasteiger charge is 2.52. The largest absolute Gasteiger partial charge is 0.314 e. The molecule has 4 aliphatic rings. The minimum Gasteiger partial charge on any atom is -0.314 e. The van der Waals surface area contributed by atoms with Crippen LogP contribution < -0.4 is 16.4 Å². The second-order valence-corrected chi connectivity index (χ2v) is 11.6. The Balaban J connectivity index is 1.39. The number of allylic oxidation sites excluding steroid dienone is 3. The van der Waals surface area contributed by atoms with Crippen molar-refractivity contribution in [3.63, 3.8) is 0 Å². The lowest BCUT2D eigenvalue weighted by Gasteiger charge is -2.58. The fraction of sp³-hybridized carbons (Fsp3) is 0.846. The minimum atomic E-state index is 0.0429. The second-order valence-electron chi connectivity index (χ2n) is 11.6. The Morgan fingerprint density at radius 2 is 2.06 bits per heavy atom. The normalized spacial score (nSPS) is 44.7. The van der Waals surface area contributed by atoms with Crippen LogP contribution in [0.25, 0.3) is 0 Å². The minimum absolute atomic E-state index is 0.0429. The monoisotopic (exact) mass is 429 g/mol. The zero-order valence-corrected chi connectivity index (χ0v) is 20.9. The molecule has 5 nitrogen and oxygen atoms in total. The zero-order chi connectivity index (χ0) is 22.4. The summed E-state index contributed by atoms with van der Waals surface area (Å²) in [6.07, 6.45) is 13.3. The van der Waals surface area contributed by atoms with Gasteiger partial charge in [0.1, 0.15) is 0 Å². The maximum Gasteiger partial charge on any atom is 0.0809 e. The Hall–Kier alpha value is -0.720. The number of likely N-dealkylation sites (N-methyl/N-ethyl adjacent to an activating group) is 1. The van der Waals surface area contributed by atoms with E-state index in [1.165, 1.54) is 38.5 Å². The Bertz CT molecular complexity index is 717. The molecule has 0 aromatic carbocycles. The molecule has 2 heterocycles. The van der Waals surface area contributed by atoms with Crippen molar-refractivity contribution >= 4 is 0 Å². The summed E-state index contributed by atoms with van der Waals surface area (Å²) in [7, 11) is 2.19. The standard InChI is InChI=1S/C26H47N5/c1-18(12-15-31-17-30(6)22-23(27)28-16-29-24(22)31)10-13-25(4)20(3)11-14-26(5)19(2)8-7-9-21(25)26/h8,12,20-24,28-29H,7,9-11,13-17,27H2,1-6H3/t20-,21-,22?,23?,24?,25+,26-/m1/s1. The van der Waals surface area contributed by atoms with Crippen molar-refractivity contribution in [1.82, 2.24) is 20.4 Å². The fourth-order valence-corrected chi connectivity index (χ4v) is 7.39. The van der Waals surface area contributed by atoms with Crippen LogP contribution in [0.15, 0.2) is 23.3 Å². The quantitative estimate of drug-likeness (QED) is 0.580. The van der Waals surface area contributed by atoms with Gasteiger partial charge in [-0.15, -0.1) is 0 Å². The molecule has 0 spiro atoms. The predicted octanol–water partition coefficient (Wildman–Crippen LogP) is 3.85. The number of nitrogens with one attached hydrogen (secondary N) is 2. The Morgan fingerprint density at radius 3 is 2.84 bits per heavy atom. The van der Waals surface area contributed by atoms with E-state index in [9.17, 15) is 0 Å². The first kappa shape index (κ1) is 23.4. The van der Waals surface area contributed by atoms with Gasteiger partial charge in [-0.2, -0.15) is 0 Å². The van der Waals surface area contributed by atoms with Gasteiger partial charge < -0.3 is 5.73 Å². The lowest BCUT2D eigenvalue weighted by Crippen LogP contribution is -2.67. The van der Waals surface area contributed by atoms with Gasteiger partial charge in [0.05, 0.1) is 25.0 Å². The molecule has 3 unspecified atom stereocenters. The fourth-order valence-electron chi connectivity index (χ4n) is 7.39. The maximum absolute atomic E-state index is 6.32. The molecule has 0 aromatic rings. The van der Waals surface area contributed by atoms with Gasteiger partial charge in [-0.1, -0.05) is 44.1 Å². The highest BCUT2D eigenvalue weighted by molar-refractivity contribution is 5.21. The van der Waals surface area contributed by atoms with Crippen LogP contribution in [-0.2, 0) is 0 Å². The van der Waals surface area contributed by atoms with Crippen LogP contribution in [0.1, 0.15) is 73.1 Å². The van der Waals surface area contributed by atoms with Crippen LogP contribution in [0.5, 0.6) is 0 Å². The first-order valence-corrected chi connectivity index (χ1v) is 12.7. The second kappa shape index (κ2) is 8.90. The van der Waals surface area contributed by atoms with E-state index in [0.717, 1.165) is 31.7 Å². The molecule has 0 bridgehead atoms. The summed E-state index contributed by atoms with van der Waals surface area (Å²) in [5, 5.41) is 6.95. The van der Waals surface area contributed by atoms with Crippen LogP contribution in [0.3, 0.4) is 0 Å². The molecule has 4 N–H and O–H groups in total. The van der Waals surface area contributed by atoms with Gasteiger partial charge in [0.2, 0.25) is 0 Å². The summed E-state index contributed by atoms with van der Waals surface area (Å²) in [5.74, 6) is 1.65. The zero-order valence-electron chi connectivity index (χ0n) is 20.9. The van der Waals surface area contributed by atoms with Crippen LogP contribution in [0.4, 0.5) is 0 Å². The van der Waals surface area contributed by atoms with Gasteiger partial charge in [-0.3, -0.25) is 20.4 Å². The molecule has 0 amide bonds. The van der Waals surface area contributed by atoms with E-state index in [2.05, 4.69) is 74.3 Å². The SMILES string of the molecule is CC(=CCN1CN(C)C2C(N)NCNC21)CC[C@@]1(C)[C@H](C)CC[C@]2(C)C(C)=CCC[C@H]12. The molecule has 2 aliphatic heterocycles. The summed E-state index contributed by atoms with van der Waals surface area (Å²) >= 11 is 0. The van der Waals surface area contributed by atoms with Gasteiger partial charge in [0, 0.05) is 13.2 Å². The molecule has 0 aromatic heterocycles. The summed E-state index contributed by atoms with van der Waals surface area (Å²) < 4.78 is 0. The highest BCUT2D eigenvalue weighted by atomic mass is 15.5. The number of hydrogen-bond donors (Lipinski definition) is 3. The molecule has 1 saturated carbocycles. The average molecular weight is 430 g/mol. The molecule has 2 saturated heterocycles. The third-order valence-electron chi connectivity index (χ3n) is 9.97.